The largest absolute Gasteiger partial charge is 0.339 e. The first-order valence-corrected chi connectivity index (χ1v) is 9.16. The Balaban J connectivity index is 1.33. The van der Waals surface area contributed by atoms with Gasteiger partial charge in [-0.3, -0.25) is 4.79 Å². The molecule has 5 heteroatoms. The summed E-state index contributed by atoms with van der Waals surface area (Å²) in [6, 6.07) is 10.1. The van der Waals surface area contributed by atoms with Crippen LogP contribution in [0.2, 0.25) is 0 Å². The van der Waals surface area contributed by atoms with Crippen LogP contribution in [0.1, 0.15) is 67.8 Å². The van der Waals surface area contributed by atoms with Crippen molar-refractivity contribution in [2.75, 3.05) is 6.54 Å². The predicted molar refractivity (Wildman–Crippen MR) is 94.7 cm³/mol. The highest BCUT2D eigenvalue weighted by atomic mass is 16.5. The van der Waals surface area contributed by atoms with Gasteiger partial charge in [0, 0.05) is 18.9 Å². The number of hydrogen-bond acceptors (Lipinski definition) is 4. The van der Waals surface area contributed by atoms with Gasteiger partial charge in [-0.15, -0.1) is 0 Å². The van der Waals surface area contributed by atoms with Crippen LogP contribution in [-0.4, -0.2) is 27.5 Å². The fourth-order valence-corrected chi connectivity index (χ4v) is 3.35. The zero-order chi connectivity index (χ0) is 17.1. The Bertz CT molecular complexity index is 749. The molecular formula is C20H23N3O2. The summed E-state index contributed by atoms with van der Waals surface area (Å²) in [6.07, 6.45) is 9.61. The van der Waals surface area contributed by atoms with E-state index in [2.05, 4.69) is 34.4 Å². The minimum absolute atomic E-state index is 0.0122. The average molecular weight is 337 g/mol. The monoisotopic (exact) mass is 337 g/mol. The van der Waals surface area contributed by atoms with Gasteiger partial charge >= 0.3 is 0 Å². The first kappa shape index (κ1) is 16.1. The van der Waals surface area contributed by atoms with E-state index < -0.39 is 0 Å². The van der Waals surface area contributed by atoms with Gasteiger partial charge in [-0.2, -0.15) is 4.98 Å². The molecule has 1 aromatic heterocycles. The second-order valence-corrected chi connectivity index (χ2v) is 6.86. The summed E-state index contributed by atoms with van der Waals surface area (Å²) in [5.74, 6) is 2.07. The minimum Gasteiger partial charge on any atom is -0.339 e. The van der Waals surface area contributed by atoms with E-state index in [1.54, 1.807) is 0 Å². The number of nitrogens with zero attached hydrogens (tertiary/aromatic N) is 3. The number of rotatable bonds is 6. The molecule has 2 aliphatic rings. The van der Waals surface area contributed by atoms with Crippen LogP contribution >= 0.6 is 0 Å². The van der Waals surface area contributed by atoms with Crippen molar-refractivity contribution >= 4 is 12.0 Å². The quantitative estimate of drug-likeness (QED) is 0.796. The van der Waals surface area contributed by atoms with Crippen molar-refractivity contribution < 1.29 is 9.32 Å². The van der Waals surface area contributed by atoms with Crippen LogP contribution in [-0.2, 0) is 4.79 Å². The number of likely N-dealkylation sites (tertiary alicyclic amines) is 1. The predicted octanol–water partition coefficient (Wildman–Crippen LogP) is 4.10. The van der Waals surface area contributed by atoms with Crippen LogP contribution in [0.15, 0.2) is 40.9 Å². The second-order valence-electron chi connectivity index (χ2n) is 6.86. The van der Waals surface area contributed by atoms with Gasteiger partial charge in [0.2, 0.25) is 11.8 Å². The van der Waals surface area contributed by atoms with Crippen LogP contribution in [0.25, 0.3) is 6.08 Å². The fraction of sp³-hybridized carbons (Fsp3) is 0.450. The Hall–Kier alpha value is -2.43. The van der Waals surface area contributed by atoms with Gasteiger partial charge in [0.15, 0.2) is 5.82 Å². The Morgan fingerprint density at radius 3 is 2.88 bits per heavy atom. The molecule has 1 atom stereocenters. The van der Waals surface area contributed by atoms with Crippen LogP contribution in [0.4, 0.5) is 0 Å². The molecule has 1 aromatic carbocycles. The molecule has 1 aliphatic carbocycles. The first-order valence-electron chi connectivity index (χ1n) is 9.16. The van der Waals surface area contributed by atoms with E-state index in [0.29, 0.717) is 18.2 Å². The van der Waals surface area contributed by atoms with Gasteiger partial charge in [-0.1, -0.05) is 47.6 Å². The van der Waals surface area contributed by atoms with Crippen molar-refractivity contribution in [2.24, 2.45) is 0 Å². The maximum Gasteiger partial charge on any atom is 0.229 e. The van der Waals surface area contributed by atoms with Gasteiger partial charge in [0.25, 0.3) is 0 Å². The van der Waals surface area contributed by atoms with Crippen molar-refractivity contribution in [3.05, 3.63) is 53.7 Å². The molecule has 1 saturated heterocycles. The zero-order valence-corrected chi connectivity index (χ0v) is 14.3. The standard InChI is InChI=1S/C20H23N3O2/c24-18(11-5-4-9-15-7-2-1-3-8-15)23-14-6-10-17(23)19-21-20(25-22-19)16-12-13-16/h1-4,7-9,16-17H,5-6,10-14H2/b9-4+. The topological polar surface area (TPSA) is 59.2 Å². The summed E-state index contributed by atoms with van der Waals surface area (Å²) in [7, 11) is 0. The average Bonchev–Trinajstić information content (AvgIpc) is 3.18. The van der Waals surface area contributed by atoms with Crippen molar-refractivity contribution in [3.8, 4) is 0 Å². The number of hydrogen-bond donors (Lipinski definition) is 0. The molecule has 1 aliphatic heterocycles. The number of aromatic nitrogens is 2. The van der Waals surface area contributed by atoms with Crippen molar-refractivity contribution in [3.63, 3.8) is 0 Å². The summed E-state index contributed by atoms with van der Waals surface area (Å²) in [6.45, 7) is 0.791. The summed E-state index contributed by atoms with van der Waals surface area (Å²) in [4.78, 5) is 19.1. The molecule has 25 heavy (non-hydrogen) atoms. The molecule has 0 N–H and O–H groups in total. The smallest absolute Gasteiger partial charge is 0.229 e. The van der Waals surface area contributed by atoms with Crippen LogP contribution in [0.3, 0.4) is 0 Å². The molecule has 2 heterocycles. The highest BCUT2D eigenvalue weighted by Gasteiger charge is 2.35. The van der Waals surface area contributed by atoms with E-state index in [1.807, 2.05) is 23.1 Å². The molecule has 1 amide bonds. The molecular weight excluding hydrogens is 314 g/mol. The van der Waals surface area contributed by atoms with E-state index in [4.69, 9.17) is 4.52 Å². The highest BCUT2D eigenvalue weighted by Crippen LogP contribution is 2.40. The Morgan fingerprint density at radius 1 is 1.24 bits per heavy atom. The van der Waals surface area contributed by atoms with Crippen LogP contribution in [0, 0.1) is 0 Å². The van der Waals surface area contributed by atoms with Gasteiger partial charge in [0.05, 0.1) is 6.04 Å². The lowest BCUT2D eigenvalue weighted by Crippen LogP contribution is -2.30. The lowest BCUT2D eigenvalue weighted by Gasteiger charge is -2.21. The van der Waals surface area contributed by atoms with Gasteiger partial charge in [0.1, 0.15) is 0 Å². The number of allylic oxidation sites excluding steroid dienone is 1. The third kappa shape index (κ3) is 3.81. The number of benzene rings is 1. The fourth-order valence-electron chi connectivity index (χ4n) is 3.35. The SMILES string of the molecule is O=C(CC/C=C/c1ccccc1)N1CCCC1c1noc(C2CC2)n1. The van der Waals surface area contributed by atoms with Gasteiger partial charge < -0.3 is 9.42 Å². The normalized spacial score (nSPS) is 20.5. The molecule has 1 saturated carbocycles. The van der Waals surface area contributed by atoms with Gasteiger partial charge in [-0.05, 0) is 37.7 Å². The lowest BCUT2D eigenvalue weighted by molar-refractivity contribution is -0.132. The molecule has 0 radical (unpaired) electrons. The molecule has 5 nitrogen and oxygen atoms in total. The van der Waals surface area contributed by atoms with Crippen LogP contribution < -0.4 is 0 Å². The molecule has 0 spiro atoms. The van der Waals surface area contributed by atoms with Crippen LogP contribution in [0.5, 0.6) is 0 Å². The van der Waals surface area contributed by atoms with E-state index >= 15 is 0 Å². The van der Waals surface area contributed by atoms with Crippen molar-refractivity contribution in [2.45, 2.75) is 50.5 Å². The Kier molecular flexibility index (Phi) is 4.63. The summed E-state index contributed by atoms with van der Waals surface area (Å²) in [5, 5.41) is 4.13. The van der Waals surface area contributed by atoms with Gasteiger partial charge in [-0.25, -0.2) is 0 Å². The highest BCUT2D eigenvalue weighted by molar-refractivity contribution is 5.77. The van der Waals surface area contributed by atoms with E-state index in [1.165, 1.54) is 0 Å². The second kappa shape index (κ2) is 7.21. The third-order valence-corrected chi connectivity index (χ3v) is 4.89. The molecule has 2 fully saturated rings. The van der Waals surface area contributed by atoms with Crippen molar-refractivity contribution in [1.82, 2.24) is 15.0 Å². The lowest BCUT2D eigenvalue weighted by atomic mass is 10.1. The molecule has 4 rings (SSSR count). The first-order chi connectivity index (χ1) is 12.3. The van der Waals surface area contributed by atoms with E-state index in [9.17, 15) is 4.79 Å². The van der Waals surface area contributed by atoms with E-state index in [-0.39, 0.29) is 11.9 Å². The number of amides is 1. The Labute approximate surface area is 147 Å². The maximum absolute atomic E-state index is 12.6. The molecule has 1 unspecified atom stereocenters. The minimum atomic E-state index is -0.0122. The zero-order valence-electron chi connectivity index (χ0n) is 14.3. The number of carbonyl (C=O) groups is 1. The van der Waals surface area contributed by atoms with Crippen molar-refractivity contribution in [1.29, 1.82) is 0 Å². The summed E-state index contributed by atoms with van der Waals surface area (Å²) >= 11 is 0. The summed E-state index contributed by atoms with van der Waals surface area (Å²) < 4.78 is 5.37. The maximum atomic E-state index is 12.6. The van der Waals surface area contributed by atoms with E-state index in [0.717, 1.165) is 50.1 Å². The summed E-state index contributed by atoms with van der Waals surface area (Å²) in [5.41, 5.74) is 1.16. The number of carbonyl (C=O) groups excluding carboxylic acids is 1. The Morgan fingerprint density at radius 2 is 2.08 bits per heavy atom. The molecule has 2 aromatic rings. The molecule has 0 bridgehead atoms. The molecule has 130 valence electrons. The third-order valence-electron chi connectivity index (χ3n) is 4.89.